The lowest BCUT2D eigenvalue weighted by Gasteiger charge is -2.16. The van der Waals surface area contributed by atoms with E-state index in [2.05, 4.69) is 156 Å². The highest BCUT2D eigenvalue weighted by Gasteiger charge is 2.22. The van der Waals surface area contributed by atoms with Crippen LogP contribution in [0.15, 0.2) is 152 Å². The van der Waals surface area contributed by atoms with Crippen molar-refractivity contribution in [2.24, 2.45) is 0 Å². The molecule has 0 aliphatic heterocycles. The fraction of sp³-hybridized carbons (Fsp3) is 0. The number of aromatic nitrogens is 1. The fourth-order valence-electron chi connectivity index (χ4n) is 7.69. The molecule has 0 fully saturated rings. The first-order valence-electron chi connectivity index (χ1n) is 15.0. The van der Waals surface area contributed by atoms with Crippen LogP contribution in [0.25, 0.3) is 92.8 Å². The van der Waals surface area contributed by atoms with E-state index in [-0.39, 0.29) is 0 Å². The van der Waals surface area contributed by atoms with E-state index in [0.717, 1.165) is 0 Å². The molecule has 0 saturated carbocycles. The average Bonchev–Trinajstić information content (AvgIpc) is 3.42. The molecule has 0 bridgehead atoms. The SMILES string of the molecule is c1ccc(-c2ccc3c4c2ccc2c(-c5ccc6ccc7cccc8ccc5c6c78)ccc(c24)n3-c2ccccc2)cc1. The van der Waals surface area contributed by atoms with E-state index >= 15 is 0 Å². The third kappa shape index (κ3) is 3.06. The molecule has 0 spiro atoms. The molecule has 0 N–H and O–H groups in total. The Bertz CT molecular complexity index is 2630. The predicted molar refractivity (Wildman–Crippen MR) is 184 cm³/mol. The minimum absolute atomic E-state index is 1.18. The van der Waals surface area contributed by atoms with Crippen LogP contribution >= 0.6 is 0 Å². The summed E-state index contributed by atoms with van der Waals surface area (Å²) >= 11 is 0. The lowest BCUT2D eigenvalue weighted by atomic mass is 9.87. The van der Waals surface area contributed by atoms with Crippen LogP contribution in [0.2, 0.25) is 0 Å². The van der Waals surface area contributed by atoms with Gasteiger partial charge < -0.3 is 4.57 Å². The van der Waals surface area contributed by atoms with Crippen molar-refractivity contribution in [1.29, 1.82) is 0 Å². The summed E-state index contributed by atoms with van der Waals surface area (Å²) in [6.45, 7) is 0. The Hall–Kier alpha value is -5.66. The van der Waals surface area contributed by atoms with Crippen LogP contribution in [-0.4, -0.2) is 4.57 Å². The van der Waals surface area contributed by atoms with Crippen molar-refractivity contribution in [1.82, 2.24) is 4.57 Å². The van der Waals surface area contributed by atoms with Gasteiger partial charge in [0.15, 0.2) is 0 Å². The normalized spacial score (nSPS) is 12.2. The minimum atomic E-state index is 1.18. The standard InChI is InChI=1S/C42H25N/c1-3-8-26(9-4-1)31-22-24-37-41-34(31)20-21-36-33(23-25-38(42(36)41)43(37)30-12-5-2-6-13-30)32-18-16-29-15-14-27-10-7-11-28-17-19-35(32)40(29)39(27)28/h1-25H. The Morgan fingerprint density at radius 2 is 0.791 bits per heavy atom. The molecule has 43 heavy (non-hydrogen) atoms. The number of rotatable bonds is 3. The molecule has 10 rings (SSSR count). The maximum atomic E-state index is 2.44. The molecule has 1 heterocycles. The zero-order valence-electron chi connectivity index (χ0n) is 23.4. The molecule has 10 aromatic rings. The highest BCUT2D eigenvalue weighted by atomic mass is 15.0. The molecule has 0 atom stereocenters. The molecule has 0 aliphatic carbocycles. The second kappa shape index (κ2) is 8.44. The zero-order valence-corrected chi connectivity index (χ0v) is 23.4. The Balaban J connectivity index is 1.35. The largest absolute Gasteiger partial charge is 0.309 e. The van der Waals surface area contributed by atoms with Crippen LogP contribution in [0.4, 0.5) is 0 Å². The molecular weight excluding hydrogens is 518 g/mol. The monoisotopic (exact) mass is 543 g/mol. The molecule has 9 aromatic carbocycles. The molecule has 0 unspecified atom stereocenters. The van der Waals surface area contributed by atoms with Crippen molar-refractivity contribution in [2.75, 3.05) is 0 Å². The highest BCUT2D eigenvalue weighted by Crippen LogP contribution is 2.47. The maximum Gasteiger partial charge on any atom is 0.0547 e. The van der Waals surface area contributed by atoms with Crippen molar-refractivity contribution in [2.45, 2.75) is 0 Å². The van der Waals surface area contributed by atoms with Gasteiger partial charge in [0.05, 0.1) is 11.0 Å². The molecule has 1 heteroatoms. The summed E-state index contributed by atoms with van der Waals surface area (Å²) in [5, 5.41) is 13.2. The third-order valence-corrected chi connectivity index (χ3v) is 9.51. The lowest BCUT2D eigenvalue weighted by Crippen LogP contribution is -1.93. The summed E-state index contributed by atoms with van der Waals surface area (Å²) < 4.78 is 2.44. The first-order valence-corrected chi connectivity index (χ1v) is 15.0. The molecule has 0 amide bonds. The van der Waals surface area contributed by atoms with E-state index in [1.807, 2.05) is 0 Å². The maximum absolute atomic E-state index is 2.44. The Labute approximate surface area is 248 Å². The van der Waals surface area contributed by atoms with Crippen molar-refractivity contribution < 1.29 is 0 Å². The van der Waals surface area contributed by atoms with Gasteiger partial charge in [-0.15, -0.1) is 0 Å². The van der Waals surface area contributed by atoms with Gasteiger partial charge in [0.25, 0.3) is 0 Å². The van der Waals surface area contributed by atoms with E-state index in [4.69, 9.17) is 0 Å². The quantitative estimate of drug-likeness (QED) is 0.195. The van der Waals surface area contributed by atoms with E-state index < -0.39 is 0 Å². The average molecular weight is 544 g/mol. The van der Waals surface area contributed by atoms with E-state index in [1.165, 1.54) is 92.8 Å². The van der Waals surface area contributed by atoms with Crippen molar-refractivity contribution in [3.8, 4) is 27.9 Å². The number of hydrogen-bond donors (Lipinski definition) is 0. The van der Waals surface area contributed by atoms with Crippen LogP contribution < -0.4 is 0 Å². The van der Waals surface area contributed by atoms with Crippen LogP contribution in [0.3, 0.4) is 0 Å². The van der Waals surface area contributed by atoms with Crippen molar-refractivity contribution >= 4 is 64.9 Å². The van der Waals surface area contributed by atoms with Crippen molar-refractivity contribution in [3.63, 3.8) is 0 Å². The Morgan fingerprint density at radius 1 is 0.302 bits per heavy atom. The van der Waals surface area contributed by atoms with Gasteiger partial charge in [-0.25, -0.2) is 0 Å². The summed E-state index contributed by atoms with van der Waals surface area (Å²) in [5.41, 5.74) is 8.76. The van der Waals surface area contributed by atoms with Crippen LogP contribution in [0.1, 0.15) is 0 Å². The molecule has 0 saturated heterocycles. The molecule has 1 nitrogen and oxygen atoms in total. The summed E-state index contributed by atoms with van der Waals surface area (Å²) in [7, 11) is 0. The number of hydrogen-bond acceptors (Lipinski definition) is 0. The molecule has 0 radical (unpaired) electrons. The summed E-state index contributed by atoms with van der Waals surface area (Å²) in [6, 6.07) is 56.0. The van der Waals surface area contributed by atoms with Crippen LogP contribution in [-0.2, 0) is 0 Å². The second-order valence-electron chi connectivity index (χ2n) is 11.7. The fourth-order valence-corrected chi connectivity index (χ4v) is 7.69. The number of nitrogens with zero attached hydrogens (tertiary/aromatic N) is 1. The molecular formula is C42H25N. The molecule has 198 valence electrons. The van der Waals surface area contributed by atoms with Gasteiger partial charge in [-0.1, -0.05) is 127 Å². The van der Waals surface area contributed by atoms with Crippen molar-refractivity contribution in [3.05, 3.63) is 152 Å². The second-order valence-corrected chi connectivity index (χ2v) is 11.7. The first-order chi connectivity index (χ1) is 21.3. The summed E-state index contributed by atoms with van der Waals surface area (Å²) in [6.07, 6.45) is 0. The zero-order chi connectivity index (χ0) is 28.1. The molecule has 0 aliphatic rings. The Morgan fingerprint density at radius 3 is 1.49 bits per heavy atom. The topological polar surface area (TPSA) is 4.93 Å². The Kier molecular flexibility index (Phi) is 4.51. The third-order valence-electron chi connectivity index (χ3n) is 9.51. The van der Waals surface area contributed by atoms with Gasteiger partial charge in [0.1, 0.15) is 0 Å². The van der Waals surface area contributed by atoms with E-state index in [1.54, 1.807) is 0 Å². The minimum Gasteiger partial charge on any atom is -0.309 e. The summed E-state index contributed by atoms with van der Waals surface area (Å²) in [5.74, 6) is 0. The van der Waals surface area contributed by atoms with E-state index in [9.17, 15) is 0 Å². The van der Waals surface area contributed by atoms with Crippen LogP contribution in [0.5, 0.6) is 0 Å². The highest BCUT2D eigenvalue weighted by molar-refractivity contribution is 6.31. The van der Waals surface area contributed by atoms with Gasteiger partial charge in [-0.05, 0) is 89.6 Å². The first kappa shape index (κ1) is 23.0. The number of benzene rings is 9. The van der Waals surface area contributed by atoms with Gasteiger partial charge in [-0.3, -0.25) is 0 Å². The van der Waals surface area contributed by atoms with E-state index in [0.29, 0.717) is 0 Å². The lowest BCUT2D eigenvalue weighted by molar-refractivity contribution is 1.18. The van der Waals surface area contributed by atoms with Gasteiger partial charge in [0.2, 0.25) is 0 Å². The predicted octanol–water partition coefficient (Wildman–Crippen LogP) is 11.6. The van der Waals surface area contributed by atoms with Gasteiger partial charge in [-0.2, -0.15) is 0 Å². The number of para-hydroxylation sites is 1. The van der Waals surface area contributed by atoms with Gasteiger partial charge >= 0.3 is 0 Å². The van der Waals surface area contributed by atoms with Gasteiger partial charge in [0, 0.05) is 16.5 Å². The smallest absolute Gasteiger partial charge is 0.0547 e. The van der Waals surface area contributed by atoms with Crippen LogP contribution in [0, 0.1) is 0 Å². The molecule has 1 aromatic heterocycles. The summed E-state index contributed by atoms with van der Waals surface area (Å²) in [4.78, 5) is 0.